The van der Waals surface area contributed by atoms with E-state index in [-0.39, 0.29) is 45.4 Å². The van der Waals surface area contributed by atoms with Gasteiger partial charge in [-0.05, 0) is 0 Å². The molecule has 0 spiro atoms. The molecule has 6 heteroatoms. The third kappa shape index (κ3) is 0.207. The van der Waals surface area contributed by atoms with Crippen molar-refractivity contribution in [2.75, 3.05) is 0 Å². The van der Waals surface area contributed by atoms with Gasteiger partial charge in [-0.1, -0.05) is 0 Å². The lowest BCUT2D eigenvalue weighted by Gasteiger charge is -3.00. The zero-order chi connectivity index (χ0) is 9.62. The molecule has 0 heterocycles. The Morgan fingerprint density at radius 1 is 0.714 bits per heavy atom. The van der Waals surface area contributed by atoms with Crippen LogP contribution in [0.1, 0.15) is 0 Å². The maximum Gasteiger partial charge on any atom is 0.233 e. The molecule has 0 aromatic carbocycles. The summed E-state index contributed by atoms with van der Waals surface area (Å²) < 4.78 is 0. The lowest BCUT2D eigenvalue weighted by molar-refractivity contribution is -0.866. The summed E-state index contributed by atoms with van der Waals surface area (Å²) in [6.07, 6.45) is 0. The van der Waals surface area contributed by atoms with Gasteiger partial charge >= 0.3 is 0 Å². The van der Waals surface area contributed by atoms with Gasteiger partial charge in [-0.15, -0.1) is 0 Å². The zero-order valence-electron chi connectivity index (χ0n) is 6.99. The monoisotopic (exact) mass is 194 g/mol. The molecule has 0 saturated heterocycles. The van der Waals surface area contributed by atoms with Gasteiger partial charge in [0.1, 0.15) is 0 Å². The molecule has 0 aliphatic heterocycles. The van der Waals surface area contributed by atoms with E-state index in [4.69, 9.17) is 0 Å². The maximum atomic E-state index is 10.9. The van der Waals surface area contributed by atoms with Crippen molar-refractivity contribution in [3.8, 4) is 0 Å². The SMILES string of the molecule is O=[N+]([O-])C12C3C4C1C1C2C3C41[N+](=O)[O-]. The minimum Gasteiger partial charge on any atom is -0.264 e. The fourth-order valence-corrected chi connectivity index (χ4v) is 6.14. The topological polar surface area (TPSA) is 86.3 Å². The van der Waals surface area contributed by atoms with Crippen LogP contribution in [0, 0.1) is 55.7 Å². The van der Waals surface area contributed by atoms with Crippen LogP contribution in [0.3, 0.4) is 0 Å². The van der Waals surface area contributed by atoms with E-state index in [1.165, 1.54) is 0 Å². The van der Waals surface area contributed by atoms with Gasteiger partial charge in [-0.2, -0.15) is 0 Å². The second-order valence-corrected chi connectivity index (χ2v) is 5.44. The predicted molar refractivity (Wildman–Crippen MR) is 40.4 cm³/mol. The van der Waals surface area contributed by atoms with E-state index in [0.29, 0.717) is 0 Å². The molecular formula is C8H6N2O4. The largest absolute Gasteiger partial charge is 0.264 e. The van der Waals surface area contributed by atoms with Crippen molar-refractivity contribution in [3.05, 3.63) is 20.2 Å². The van der Waals surface area contributed by atoms with Crippen LogP contribution in [0.5, 0.6) is 0 Å². The fraction of sp³-hybridized carbons (Fsp3) is 1.00. The first-order valence-corrected chi connectivity index (χ1v) is 4.91. The van der Waals surface area contributed by atoms with Gasteiger partial charge in [-0.3, -0.25) is 20.2 Å². The van der Waals surface area contributed by atoms with Crippen LogP contribution >= 0.6 is 0 Å². The first-order valence-electron chi connectivity index (χ1n) is 4.91. The Morgan fingerprint density at radius 3 is 1.07 bits per heavy atom. The van der Waals surface area contributed by atoms with Gasteiger partial charge in [0.05, 0.1) is 35.5 Å². The summed E-state index contributed by atoms with van der Waals surface area (Å²) in [5, 5.41) is 21.8. The Bertz CT molecular complexity index is 363. The molecule has 0 atom stereocenters. The summed E-state index contributed by atoms with van der Waals surface area (Å²) in [6.45, 7) is 0. The van der Waals surface area contributed by atoms with Gasteiger partial charge in [0.15, 0.2) is 0 Å². The van der Waals surface area contributed by atoms with Gasteiger partial charge in [-0.25, -0.2) is 0 Å². The number of hydrogen-bond donors (Lipinski definition) is 0. The third-order valence-electron chi connectivity index (χ3n) is 6.16. The highest BCUT2D eigenvalue weighted by Gasteiger charge is 3.21. The van der Waals surface area contributed by atoms with Crippen LogP contribution < -0.4 is 0 Å². The summed E-state index contributed by atoms with van der Waals surface area (Å²) in [5.41, 5.74) is -1.31. The van der Waals surface area contributed by atoms with E-state index in [1.54, 1.807) is 0 Å². The Kier molecular flexibility index (Phi) is 0.513. The second kappa shape index (κ2) is 1.14. The van der Waals surface area contributed by atoms with Crippen molar-refractivity contribution >= 4 is 0 Å². The zero-order valence-corrected chi connectivity index (χ0v) is 6.99. The molecule has 0 unspecified atom stereocenters. The minimum absolute atomic E-state index is 0.0860. The molecule has 6 saturated carbocycles. The van der Waals surface area contributed by atoms with Crippen LogP contribution in [0.2, 0.25) is 0 Å². The van der Waals surface area contributed by atoms with E-state index < -0.39 is 11.1 Å². The van der Waals surface area contributed by atoms with E-state index in [1.807, 2.05) is 0 Å². The van der Waals surface area contributed by atoms with Crippen molar-refractivity contribution in [2.24, 2.45) is 35.5 Å². The molecule has 14 heavy (non-hydrogen) atoms. The highest BCUT2D eigenvalue weighted by atomic mass is 16.6. The highest BCUT2D eigenvalue weighted by Crippen LogP contribution is 3.04. The Balaban J connectivity index is 1.66. The molecule has 0 N–H and O–H groups in total. The summed E-state index contributed by atoms with van der Waals surface area (Å²) in [6, 6.07) is 0. The van der Waals surface area contributed by atoms with E-state index in [9.17, 15) is 20.2 Å². The van der Waals surface area contributed by atoms with Gasteiger partial charge < -0.3 is 0 Å². The van der Waals surface area contributed by atoms with E-state index in [0.717, 1.165) is 0 Å². The summed E-state index contributed by atoms with van der Waals surface area (Å²) in [5.74, 6) is 0.516. The summed E-state index contributed by atoms with van der Waals surface area (Å²) >= 11 is 0. The summed E-state index contributed by atoms with van der Waals surface area (Å²) in [7, 11) is 0. The lowest BCUT2D eigenvalue weighted by Crippen LogP contribution is -3.17. The molecule has 6 fully saturated rings. The third-order valence-corrected chi connectivity index (χ3v) is 6.16. The Hall–Kier alpha value is -1.20. The van der Waals surface area contributed by atoms with Crippen LogP contribution in [0.25, 0.3) is 0 Å². The molecule has 6 rings (SSSR count). The van der Waals surface area contributed by atoms with Gasteiger partial charge in [0, 0.05) is 9.85 Å². The standard InChI is InChI=1S/C8H6N2O4/c11-9(12)7-1-2-4(7)6-5(7)3(1)8(2,6)10(13)14/h1-6H. The molecule has 0 radical (unpaired) electrons. The van der Waals surface area contributed by atoms with Crippen molar-refractivity contribution < 1.29 is 9.85 Å². The van der Waals surface area contributed by atoms with Crippen molar-refractivity contribution in [1.82, 2.24) is 0 Å². The number of nitrogens with zero attached hydrogens (tertiary/aromatic N) is 2. The van der Waals surface area contributed by atoms with Gasteiger partial charge in [0.2, 0.25) is 11.1 Å². The average molecular weight is 194 g/mol. The molecule has 0 aromatic heterocycles. The molecule has 72 valence electrons. The Labute approximate surface area is 77.6 Å². The molecular weight excluding hydrogens is 188 g/mol. The minimum atomic E-state index is -0.655. The normalized spacial score (nSPS) is 76.9. The number of rotatable bonds is 2. The van der Waals surface area contributed by atoms with Crippen molar-refractivity contribution in [1.29, 1.82) is 0 Å². The van der Waals surface area contributed by atoms with Crippen molar-refractivity contribution in [2.45, 2.75) is 11.1 Å². The molecule has 0 amide bonds. The van der Waals surface area contributed by atoms with Crippen LogP contribution in [-0.4, -0.2) is 20.9 Å². The maximum absolute atomic E-state index is 10.9. The van der Waals surface area contributed by atoms with E-state index in [2.05, 4.69) is 0 Å². The second-order valence-electron chi connectivity index (χ2n) is 5.44. The molecule has 0 bridgehead atoms. The smallest absolute Gasteiger partial charge is 0.233 e. The van der Waals surface area contributed by atoms with Crippen molar-refractivity contribution in [3.63, 3.8) is 0 Å². The number of nitro groups is 2. The first-order chi connectivity index (χ1) is 6.62. The molecule has 6 aliphatic carbocycles. The number of hydrogen-bond acceptors (Lipinski definition) is 4. The molecule has 6 nitrogen and oxygen atoms in total. The lowest BCUT2D eigenvalue weighted by atomic mass is 8.96. The van der Waals surface area contributed by atoms with Crippen LogP contribution in [0.4, 0.5) is 0 Å². The Morgan fingerprint density at radius 2 is 0.929 bits per heavy atom. The van der Waals surface area contributed by atoms with Crippen LogP contribution in [0.15, 0.2) is 0 Å². The average Bonchev–Trinajstić information content (AvgIpc) is 2.16. The fourth-order valence-electron chi connectivity index (χ4n) is 6.14. The quantitative estimate of drug-likeness (QED) is 0.449. The highest BCUT2D eigenvalue weighted by molar-refractivity contribution is 5.58. The van der Waals surface area contributed by atoms with E-state index >= 15 is 0 Å². The summed E-state index contributed by atoms with van der Waals surface area (Å²) in [4.78, 5) is 21.5. The van der Waals surface area contributed by atoms with Gasteiger partial charge in [0.25, 0.3) is 0 Å². The first kappa shape index (κ1) is 6.31. The van der Waals surface area contributed by atoms with Crippen LogP contribution in [-0.2, 0) is 0 Å². The molecule has 0 aromatic rings. The molecule has 6 aliphatic rings. The predicted octanol–water partition coefficient (Wildman–Crippen LogP) is -0.217.